The van der Waals surface area contributed by atoms with Gasteiger partial charge in [0.25, 0.3) is 0 Å². The first-order valence-corrected chi connectivity index (χ1v) is 7.58. The molecule has 1 aliphatic rings. The molecule has 1 aromatic carbocycles. The third kappa shape index (κ3) is 2.88. The summed E-state index contributed by atoms with van der Waals surface area (Å²) in [7, 11) is -4.27. The average Bonchev–Trinajstić information content (AvgIpc) is 2.44. The van der Waals surface area contributed by atoms with Gasteiger partial charge in [0.15, 0.2) is 17.5 Å². The number of sulfonamides is 1. The highest BCUT2D eigenvalue weighted by Gasteiger charge is 2.32. The van der Waals surface area contributed by atoms with E-state index in [1.165, 1.54) is 11.8 Å². The summed E-state index contributed by atoms with van der Waals surface area (Å²) in [6.45, 7) is 1.64. The van der Waals surface area contributed by atoms with Crippen LogP contribution in [0.4, 0.5) is 13.2 Å². The maximum atomic E-state index is 13.6. The van der Waals surface area contributed by atoms with Crippen molar-refractivity contribution in [1.82, 2.24) is 9.21 Å². The second kappa shape index (κ2) is 5.64. The minimum absolute atomic E-state index is 0.0274. The Morgan fingerprint density at radius 2 is 1.62 bits per heavy atom. The monoisotopic (exact) mass is 322 g/mol. The van der Waals surface area contributed by atoms with Gasteiger partial charge < -0.3 is 4.90 Å². The second-order valence-corrected chi connectivity index (χ2v) is 6.49. The molecule has 0 atom stereocenters. The standard InChI is InChI=1S/C12H13F3N2O3S/c1-8(18)16-4-6-17(7-5-16)21(19,20)10-3-2-9(13)11(14)12(10)15/h2-3H,4-7H2,1H3. The average molecular weight is 322 g/mol. The van der Waals surface area contributed by atoms with Gasteiger partial charge in [0.1, 0.15) is 4.90 Å². The van der Waals surface area contributed by atoms with Gasteiger partial charge in [-0.15, -0.1) is 0 Å². The number of hydrogen-bond acceptors (Lipinski definition) is 3. The quantitative estimate of drug-likeness (QED) is 0.762. The van der Waals surface area contributed by atoms with Gasteiger partial charge in [-0.1, -0.05) is 0 Å². The van der Waals surface area contributed by atoms with Crippen molar-refractivity contribution in [2.24, 2.45) is 0 Å². The molecule has 21 heavy (non-hydrogen) atoms. The molecule has 0 aromatic heterocycles. The van der Waals surface area contributed by atoms with Crippen molar-refractivity contribution < 1.29 is 26.4 Å². The smallest absolute Gasteiger partial charge is 0.246 e. The molecule has 0 saturated carbocycles. The highest BCUT2D eigenvalue weighted by atomic mass is 32.2. The van der Waals surface area contributed by atoms with E-state index in [4.69, 9.17) is 0 Å². The molecule has 2 rings (SSSR count). The van der Waals surface area contributed by atoms with E-state index < -0.39 is 32.4 Å². The molecule has 9 heteroatoms. The lowest BCUT2D eigenvalue weighted by Gasteiger charge is -2.33. The lowest BCUT2D eigenvalue weighted by Crippen LogP contribution is -2.50. The molecule has 0 bridgehead atoms. The zero-order chi connectivity index (χ0) is 15.8. The van der Waals surface area contributed by atoms with Crippen molar-refractivity contribution in [3.05, 3.63) is 29.6 Å². The van der Waals surface area contributed by atoms with E-state index in [-0.39, 0.29) is 32.1 Å². The first-order chi connectivity index (χ1) is 9.75. The number of nitrogens with zero attached hydrogens (tertiary/aromatic N) is 2. The molecule has 1 saturated heterocycles. The first kappa shape index (κ1) is 15.8. The lowest BCUT2D eigenvalue weighted by molar-refractivity contribution is -0.129. The minimum Gasteiger partial charge on any atom is -0.340 e. The molecule has 1 aliphatic heterocycles. The largest absolute Gasteiger partial charge is 0.340 e. The van der Waals surface area contributed by atoms with Crippen LogP contribution in [-0.4, -0.2) is 49.7 Å². The van der Waals surface area contributed by atoms with E-state index in [9.17, 15) is 26.4 Å². The van der Waals surface area contributed by atoms with Crippen LogP contribution in [0.1, 0.15) is 6.92 Å². The Hall–Kier alpha value is -1.61. The van der Waals surface area contributed by atoms with Crippen LogP contribution in [0.2, 0.25) is 0 Å². The lowest BCUT2D eigenvalue weighted by atomic mass is 10.3. The van der Waals surface area contributed by atoms with Gasteiger partial charge in [-0.25, -0.2) is 21.6 Å². The van der Waals surface area contributed by atoms with Crippen LogP contribution in [0.5, 0.6) is 0 Å². The maximum absolute atomic E-state index is 13.6. The number of halogens is 3. The molecule has 1 amide bonds. The van der Waals surface area contributed by atoms with Crippen LogP contribution in [0.25, 0.3) is 0 Å². The predicted octanol–water partition coefficient (Wildman–Crippen LogP) is 0.957. The van der Waals surface area contributed by atoms with E-state index in [0.29, 0.717) is 12.1 Å². The Morgan fingerprint density at radius 3 is 2.14 bits per heavy atom. The molecule has 1 heterocycles. The predicted molar refractivity (Wildman–Crippen MR) is 67.3 cm³/mol. The fraction of sp³-hybridized carbons (Fsp3) is 0.417. The SMILES string of the molecule is CC(=O)N1CCN(S(=O)(=O)c2ccc(F)c(F)c2F)CC1. The van der Waals surface area contributed by atoms with Gasteiger partial charge in [0.05, 0.1) is 0 Å². The van der Waals surface area contributed by atoms with Crippen LogP contribution in [-0.2, 0) is 14.8 Å². The van der Waals surface area contributed by atoms with Crippen molar-refractivity contribution in [3.63, 3.8) is 0 Å². The third-order valence-electron chi connectivity index (χ3n) is 3.30. The molecule has 0 spiro atoms. The molecule has 0 N–H and O–H groups in total. The Morgan fingerprint density at radius 1 is 1.05 bits per heavy atom. The van der Waals surface area contributed by atoms with Crippen molar-refractivity contribution in [2.75, 3.05) is 26.2 Å². The second-order valence-electron chi connectivity index (χ2n) is 4.58. The number of carbonyl (C=O) groups is 1. The van der Waals surface area contributed by atoms with Gasteiger partial charge in [-0.3, -0.25) is 4.79 Å². The number of piperazine rings is 1. The van der Waals surface area contributed by atoms with Gasteiger partial charge in [-0.05, 0) is 12.1 Å². The summed E-state index contributed by atoms with van der Waals surface area (Å²) in [5.41, 5.74) is 0. The molecule has 1 aromatic rings. The van der Waals surface area contributed by atoms with Crippen LogP contribution in [0, 0.1) is 17.5 Å². The van der Waals surface area contributed by atoms with Crippen molar-refractivity contribution in [1.29, 1.82) is 0 Å². The normalized spacial score (nSPS) is 17.0. The topological polar surface area (TPSA) is 57.7 Å². The number of carbonyl (C=O) groups excluding carboxylic acids is 1. The number of benzene rings is 1. The van der Waals surface area contributed by atoms with Crippen LogP contribution < -0.4 is 0 Å². The van der Waals surface area contributed by atoms with Gasteiger partial charge in [0.2, 0.25) is 15.9 Å². The fourth-order valence-electron chi connectivity index (χ4n) is 2.09. The zero-order valence-corrected chi connectivity index (χ0v) is 12.0. The van der Waals surface area contributed by atoms with E-state index >= 15 is 0 Å². The molecule has 116 valence electrons. The summed E-state index contributed by atoms with van der Waals surface area (Å²) in [6, 6.07) is 1.26. The van der Waals surface area contributed by atoms with Crippen LogP contribution in [0.3, 0.4) is 0 Å². The summed E-state index contributed by atoms with van der Waals surface area (Å²) in [5.74, 6) is -5.19. The van der Waals surface area contributed by atoms with Gasteiger partial charge in [0, 0.05) is 33.1 Å². The van der Waals surface area contributed by atoms with E-state index in [0.717, 1.165) is 4.31 Å². The van der Waals surface area contributed by atoms with Crippen molar-refractivity contribution >= 4 is 15.9 Å². The van der Waals surface area contributed by atoms with Crippen LogP contribution >= 0.6 is 0 Å². The molecular weight excluding hydrogens is 309 g/mol. The molecule has 0 unspecified atom stereocenters. The van der Waals surface area contributed by atoms with Gasteiger partial charge in [-0.2, -0.15) is 4.31 Å². The van der Waals surface area contributed by atoms with Crippen molar-refractivity contribution in [3.8, 4) is 0 Å². The van der Waals surface area contributed by atoms with Crippen molar-refractivity contribution in [2.45, 2.75) is 11.8 Å². The number of amides is 1. The number of hydrogen-bond donors (Lipinski definition) is 0. The summed E-state index contributed by atoms with van der Waals surface area (Å²) in [4.78, 5) is 11.7. The molecule has 5 nitrogen and oxygen atoms in total. The van der Waals surface area contributed by atoms with Crippen LogP contribution in [0.15, 0.2) is 17.0 Å². The third-order valence-corrected chi connectivity index (χ3v) is 5.22. The van der Waals surface area contributed by atoms with E-state index in [2.05, 4.69) is 0 Å². The Balaban J connectivity index is 2.28. The van der Waals surface area contributed by atoms with Gasteiger partial charge >= 0.3 is 0 Å². The molecule has 0 radical (unpaired) electrons. The molecule has 0 aliphatic carbocycles. The Kier molecular flexibility index (Phi) is 4.24. The summed E-state index contributed by atoms with van der Waals surface area (Å²) in [6.07, 6.45) is 0. The summed E-state index contributed by atoms with van der Waals surface area (Å²) >= 11 is 0. The highest BCUT2D eigenvalue weighted by molar-refractivity contribution is 7.89. The zero-order valence-electron chi connectivity index (χ0n) is 11.1. The highest BCUT2D eigenvalue weighted by Crippen LogP contribution is 2.23. The maximum Gasteiger partial charge on any atom is 0.246 e. The fourth-order valence-corrected chi connectivity index (χ4v) is 3.57. The number of rotatable bonds is 2. The Bertz CT molecular complexity index is 671. The molecule has 1 fully saturated rings. The summed E-state index contributed by atoms with van der Waals surface area (Å²) in [5, 5.41) is 0. The van der Waals surface area contributed by atoms with E-state index in [1.807, 2.05) is 0 Å². The summed E-state index contributed by atoms with van der Waals surface area (Å²) < 4.78 is 65.1. The van der Waals surface area contributed by atoms with E-state index in [1.54, 1.807) is 0 Å². The Labute approximate surface area is 120 Å². The minimum atomic E-state index is -4.27. The molecular formula is C12H13F3N2O3S. The first-order valence-electron chi connectivity index (χ1n) is 6.14.